The van der Waals surface area contributed by atoms with Gasteiger partial charge in [0.15, 0.2) is 0 Å². The lowest BCUT2D eigenvalue weighted by atomic mass is 9.98. The number of hydrogen-bond donors (Lipinski definition) is 1. The minimum absolute atomic E-state index is 0.559. The number of rotatable bonds is 8. The van der Waals surface area contributed by atoms with Gasteiger partial charge in [0, 0.05) is 12.6 Å². The van der Waals surface area contributed by atoms with Crippen LogP contribution in [-0.4, -0.2) is 48.4 Å². The van der Waals surface area contributed by atoms with Gasteiger partial charge in [-0.05, 0) is 55.8 Å². The Morgan fingerprint density at radius 3 is 2.63 bits per heavy atom. The van der Waals surface area contributed by atoms with Crippen LogP contribution < -0.4 is 5.32 Å². The molecule has 1 aromatic rings. The highest BCUT2D eigenvalue weighted by molar-refractivity contribution is 9.10. The van der Waals surface area contributed by atoms with E-state index in [1.165, 1.54) is 5.69 Å². The molecule has 110 valence electrons. The third-order valence-corrected chi connectivity index (χ3v) is 4.19. The van der Waals surface area contributed by atoms with Gasteiger partial charge in [0.25, 0.3) is 0 Å². The van der Waals surface area contributed by atoms with Gasteiger partial charge in [-0.25, -0.2) is 0 Å². The maximum absolute atomic E-state index is 4.46. The Hall–Kier alpha value is -0.390. The van der Waals surface area contributed by atoms with Crippen molar-refractivity contribution in [3.63, 3.8) is 0 Å². The highest BCUT2D eigenvalue weighted by atomic mass is 79.9. The zero-order valence-corrected chi connectivity index (χ0v) is 14.4. The Bertz CT molecular complexity index is 374. The smallest absolute Gasteiger partial charge is 0.0635 e. The van der Waals surface area contributed by atoms with Crippen LogP contribution in [-0.2, 0) is 13.0 Å². The third kappa shape index (κ3) is 5.24. The first-order valence-electron chi connectivity index (χ1n) is 6.97. The molecule has 1 rings (SSSR count). The number of halogens is 1. The zero-order valence-electron chi connectivity index (χ0n) is 12.8. The highest BCUT2D eigenvalue weighted by Crippen LogP contribution is 2.19. The maximum atomic E-state index is 4.46. The van der Waals surface area contributed by atoms with Gasteiger partial charge in [0.2, 0.25) is 0 Å². The molecular formula is C14H27BrN4. The topological polar surface area (TPSA) is 33.1 Å². The Morgan fingerprint density at radius 1 is 1.42 bits per heavy atom. The van der Waals surface area contributed by atoms with Crippen LogP contribution >= 0.6 is 15.9 Å². The van der Waals surface area contributed by atoms with E-state index in [1.807, 2.05) is 13.2 Å². The van der Waals surface area contributed by atoms with E-state index in [1.54, 1.807) is 0 Å². The van der Waals surface area contributed by atoms with E-state index in [-0.39, 0.29) is 0 Å². The minimum atomic E-state index is 0.559. The molecule has 19 heavy (non-hydrogen) atoms. The molecule has 0 aliphatic rings. The maximum Gasteiger partial charge on any atom is 0.0635 e. The van der Waals surface area contributed by atoms with Gasteiger partial charge in [-0.2, -0.15) is 5.10 Å². The predicted octanol–water partition coefficient (Wildman–Crippen LogP) is 2.38. The van der Waals surface area contributed by atoms with E-state index in [0.29, 0.717) is 12.0 Å². The molecule has 1 N–H and O–H groups in total. The van der Waals surface area contributed by atoms with Gasteiger partial charge in [-0.1, -0.05) is 13.8 Å². The van der Waals surface area contributed by atoms with Crippen molar-refractivity contribution in [2.75, 3.05) is 27.7 Å². The van der Waals surface area contributed by atoms with Crippen molar-refractivity contribution in [2.24, 2.45) is 5.92 Å². The SMILES string of the molecule is CNC(CCc1c(Br)cnn1CCN(C)C)C(C)C. The van der Waals surface area contributed by atoms with Crippen LogP contribution in [0.5, 0.6) is 0 Å². The first kappa shape index (κ1) is 16.7. The molecule has 1 unspecified atom stereocenters. The molecule has 4 nitrogen and oxygen atoms in total. The largest absolute Gasteiger partial charge is 0.317 e. The Kier molecular flexibility index (Phi) is 7.04. The van der Waals surface area contributed by atoms with Crippen molar-refractivity contribution in [3.8, 4) is 0 Å². The van der Waals surface area contributed by atoms with Crippen LogP contribution in [0, 0.1) is 5.92 Å². The van der Waals surface area contributed by atoms with Crippen LogP contribution in [0.25, 0.3) is 0 Å². The number of nitrogens with zero attached hydrogens (tertiary/aromatic N) is 3. The average Bonchev–Trinajstić information content (AvgIpc) is 2.68. The van der Waals surface area contributed by atoms with E-state index in [2.05, 4.69) is 63.9 Å². The van der Waals surface area contributed by atoms with Crippen molar-refractivity contribution < 1.29 is 0 Å². The van der Waals surface area contributed by atoms with Gasteiger partial charge >= 0.3 is 0 Å². The van der Waals surface area contributed by atoms with Gasteiger partial charge in [-0.3, -0.25) is 4.68 Å². The molecule has 0 fully saturated rings. The molecule has 1 heterocycles. The van der Waals surface area contributed by atoms with Crippen LogP contribution in [0.4, 0.5) is 0 Å². The summed E-state index contributed by atoms with van der Waals surface area (Å²) < 4.78 is 3.25. The lowest BCUT2D eigenvalue weighted by Crippen LogP contribution is -2.31. The first-order chi connectivity index (χ1) is 8.95. The summed E-state index contributed by atoms with van der Waals surface area (Å²) in [4.78, 5) is 2.18. The molecule has 0 amide bonds. The molecule has 0 aromatic carbocycles. The quantitative estimate of drug-likeness (QED) is 0.794. The number of nitrogens with one attached hydrogen (secondary N) is 1. The van der Waals surface area contributed by atoms with Gasteiger partial charge in [0.1, 0.15) is 0 Å². The molecule has 0 radical (unpaired) electrons. The second-order valence-electron chi connectivity index (χ2n) is 5.64. The molecule has 1 aromatic heterocycles. The van der Waals surface area contributed by atoms with E-state index in [0.717, 1.165) is 30.4 Å². The van der Waals surface area contributed by atoms with Crippen molar-refractivity contribution in [3.05, 3.63) is 16.4 Å². The molecule has 1 atom stereocenters. The third-order valence-electron chi connectivity index (χ3n) is 3.52. The fourth-order valence-corrected chi connectivity index (χ4v) is 2.72. The van der Waals surface area contributed by atoms with E-state index >= 15 is 0 Å². The first-order valence-corrected chi connectivity index (χ1v) is 7.77. The Labute approximate surface area is 125 Å². The Balaban J connectivity index is 2.63. The van der Waals surface area contributed by atoms with Gasteiger partial charge < -0.3 is 10.2 Å². The summed E-state index contributed by atoms with van der Waals surface area (Å²) in [6.45, 7) is 6.49. The highest BCUT2D eigenvalue weighted by Gasteiger charge is 2.14. The van der Waals surface area contributed by atoms with E-state index in [4.69, 9.17) is 0 Å². The molecule has 0 aliphatic carbocycles. The normalized spacial score (nSPS) is 13.5. The van der Waals surface area contributed by atoms with Crippen molar-refractivity contribution in [1.82, 2.24) is 20.0 Å². The summed E-state index contributed by atoms with van der Waals surface area (Å²) in [5, 5.41) is 7.86. The molecule has 0 spiro atoms. The summed E-state index contributed by atoms with van der Waals surface area (Å²) in [5.74, 6) is 0.655. The number of aromatic nitrogens is 2. The molecule has 0 aliphatic heterocycles. The van der Waals surface area contributed by atoms with E-state index < -0.39 is 0 Å². The van der Waals surface area contributed by atoms with Crippen molar-refractivity contribution in [2.45, 2.75) is 39.3 Å². The molecule has 5 heteroatoms. The zero-order chi connectivity index (χ0) is 14.4. The summed E-state index contributed by atoms with van der Waals surface area (Å²) in [7, 11) is 6.23. The van der Waals surface area contributed by atoms with Crippen LogP contribution in [0.15, 0.2) is 10.7 Å². The molecule has 0 saturated carbocycles. The van der Waals surface area contributed by atoms with Gasteiger partial charge in [-0.15, -0.1) is 0 Å². The molecule has 0 saturated heterocycles. The predicted molar refractivity (Wildman–Crippen MR) is 84.5 cm³/mol. The van der Waals surface area contributed by atoms with E-state index in [9.17, 15) is 0 Å². The van der Waals surface area contributed by atoms with Crippen molar-refractivity contribution >= 4 is 15.9 Å². The van der Waals surface area contributed by atoms with Gasteiger partial charge in [0.05, 0.1) is 22.9 Å². The van der Waals surface area contributed by atoms with Crippen LogP contribution in [0.2, 0.25) is 0 Å². The second-order valence-corrected chi connectivity index (χ2v) is 6.50. The second kappa shape index (κ2) is 8.02. The Morgan fingerprint density at radius 2 is 2.11 bits per heavy atom. The molecule has 0 bridgehead atoms. The number of hydrogen-bond acceptors (Lipinski definition) is 3. The molecular weight excluding hydrogens is 304 g/mol. The summed E-state index contributed by atoms with van der Waals surface area (Å²) in [5.41, 5.74) is 1.31. The summed E-state index contributed by atoms with van der Waals surface area (Å²) >= 11 is 3.62. The monoisotopic (exact) mass is 330 g/mol. The minimum Gasteiger partial charge on any atom is -0.317 e. The summed E-state index contributed by atoms with van der Waals surface area (Å²) in [6, 6.07) is 0.559. The van der Waals surface area contributed by atoms with Crippen LogP contribution in [0.1, 0.15) is 26.0 Å². The van der Waals surface area contributed by atoms with Crippen LogP contribution in [0.3, 0.4) is 0 Å². The lowest BCUT2D eigenvalue weighted by Gasteiger charge is -2.20. The summed E-state index contributed by atoms with van der Waals surface area (Å²) in [6.07, 6.45) is 4.10. The lowest BCUT2D eigenvalue weighted by molar-refractivity contribution is 0.363. The van der Waals surface area contributed by atoms with Crippen molar-refractivity contribution in [1.29, 1.82) is 0 Å². The number of likely N-dealkylation sites (N-methyl/N-ethyl adjacent to an activating group) is 1. The fourth-order valence-electron chi connectivity index (χ4n) is 2.23. The standard InChI is InChI=1S/C14H27BrN4/c1-11(2)13(16-3)6-7-14-12(15)10-17-19(14)9-8-18(4)5/h10-11,13,16H,6-9H2,1-5H3. The average molecular weight is 331 g/mol. The fraction of sp³-hybridized carbons (Fsp3) is 0.786.